The zero-order valence-corrected chi connectivity index (χ0v) is 18.2. The van der Waals surface area contributed by atoms with Gasteiger partial charge in [0.15, 0.2) is 5.69 Å². The van der Waals surface area contributed by atoms with E-state index in [0.717, 1.165) is 23.4 Å². The molecule has 1 amide bonds. The molecule has 0 fully saturated rings. The Hall–Kier alpha value is -3.55. The molecule has 0 aliphatic carbocycles. The molecule has 1 aliphatic heterocycles. The molecule has 0 spiro atoms. The molecular formula is C24H27N5O3. The molecule has 3 heterocycles. The van der Waals surface area contributed by atoms with Crippen LogP contribution in [-0.2, 0) is 41.9 Å². The van der Waals surface area contributed by atoms with Gasteiger partial charge in [-0.3, -0.25) is 19.4 Å². The minimum atomic E-state index is -0.434. The van der Waals surface area contributed by atoms with E-state index < -0.39 is 5.97 Å². The molecule has 1 aliphatic rings. The molecule has 0 saturated heterocycles. The predicted octanol–water partition coefficient (Wildman–Crippen LogP) is 2.61. The second kappa shape index (κ2) is 10.2. The highest BCUT2D eigenvalue weighted by atomic mass is 16.5. The van der Waals surface area contributed by atoms with Gasteiger partial charge in [0.1, 0.15) is 0 Å². The minimum absolute atomic E-state index is 0.0353. The second-order valence-electron chi connectivity index (χ2n) is 7.72. The fraction of sp³-hybridized carbons (Fsp3) is 0.375. The number of rotatable bonds is 8. The third-order valence-electron chi connectivity index (χ3n) is 5.62. The molecule has 8 heteroatoms. The molecule has 1 aromatic carbocycles. The Morgan fingerprint density at radius 2 is 1.97 bits per heavy atom. The summed E-state index contributed by atoms with van der Waals surface area (Å²) in [6.45, 7) is 3.70. The Labute approximate surface area is 187 Å². The Kier molecular flexibility index (Phi) is 6.89. The average Bonchev–Trinajstić information content (AvgIpc) is 3.21. The van der Waals surface area contributed by atoms with Gasteiger partial charge in [-0.1, -0.05) is 30.3 Å². The van der Waals surface area contributed by atoms with Gasteiger partial charge in [-0.2, -0.15) is 5.10 Å². The van der Waals surface area contributed by atoms with Crippen LogP contribution in [0.5, 0.6) is 0 Å². The third-order valence-corrected chi connectivity index (χ3v) is 5.62. The average molecular weight is 434 g/mol. The second-order valence-corrected chi connectivity index (χ2v) is 7.72. The van der Waals surface area contributed by atoms with Crippen LogP contribution >= 0.6 is 0 Å². The highest BCUT2D eigenvalue weighted by Gasteiger charge is 2.30. The lowest BCUT2D eigenvalue weighted by atomic mass is 10.0. The van der Waals surface area contributed by atoms with Crippen LogP contribution in [-0.4, -0.2) is 49.7 Å². The third kappa shape index (κ3) is 5.01. The molecule has 166 valence electrons. The number of hydrogen-bond acceptors (Lipinski definition) is 6. The molecule has 0 N–H and O–H groups in total. The van der Waals surface area contributed by atoms with Gasteiger partial charge in [0.05, 0.1) is 12.3 Å². The van der Waals surface area contributed by atoms with Gasteiger partial charge in [-0.25, -0.2) is 4.79 Å². The fourth-order valence-electron chi connectivity index (χ4n) is 3.98. The number of aromatic nitrogens is 4. The molecule has 0 bridgehead atoms. The largest absolute Gasteiger partial charge is 0.461 e. The van der Waals surface area contributed by atoms with Gasteiger partial charge in [-0.05, 0) is 25.3 Å². The van der Waals surface area contributed by atoms with Crippen LogP contribution in [0.15, 0.2) is 48.9 Å². The van der Waals surface area contributed by atoms with Crippen LogP contribution in [0.2, 0.25) is 0 Å². The van der Waals surface area contributed by atoms with Crippen LogP contribution in [0.25, 0.3) is 0 Å². The lowest BCUT2D eigenvalue weighted by Gasteiger charge is -2.28. The molecular weight excluding hydrogens is 406 g/mol. The first-order valence-electron chi connectivity index (χ1n) is 11.0. The zero-order chi connectivity index (χ0) is 22.3. The number of carbonyl (C=O) groups excluding carboxylic acids is 2. The number of carbonyl (C=O) groups is 2. The van der Waals surface area contributed by atoms with Gasteiger partial charge >= 0.3 is 5.97 Å². The molecule has 0 radical (unpaired) electrons. The van der Waals surface area contributed by atoms with Crippen molar-refractivity contribution in [3.05, 3.63) is 77.1 Å². The summed E-state index contributed by atoms with van der Waals surface area (Å²) in [5, 5.41) is 4.60. The normalized spacial score (nSPS) is 13.0. The maximum absolute atomic E-state index is 12.8. The molecule has 3 aromatic rings. The van der Waals surface area contributed by atoms with Crippen molar-refractivity contribution in [2.24, 2.45) is 0 Å². The van der Waals surface area contributed by atoms with E-state index in [-0.39, 0.29) is 12.5 Å². The van der Waals surface area contributed by atoms with E-state index in [9.17, 15) is 9.59 Å². The maximum Gasteiger partial charge on any atom is 0.359 e. The highest BCUT2D eigenvalue weighted by molar-refractivity contribution is 5.89. The highest BCUT2D eigenvalue weighted by Crippen LogP contribution is 2.24. The summed E-state index contributed by atoms with van der Waals surface area (Å²) in [5.41, 5.74) is 4.14. The Bertz CT molecular complexity index is 1070. The summed E-state index contributed by atoms with van der Waals surface area (Å²) in [4.78, 5) is 35.5. The molecule has 32 heavy (non-hydrogen) atoms. The van der Waals surface area contributed by atoms with Gasteiger partial charge in [0, 0.05) is 62.3 Å². The number of nitrogens with zero attached hydrogens (tertiary/aromatic N) is 5. The summed E-state index contributed by atoms with van der Waals surface area (Å²) in [6, 6.07) is 10.2. The topological polar surface area (TPSA) is 90.2 Å². The summed E-state index contributed by atoms with van der Waals surface area (Å²) in [5.74, 6) is -0.399. The van der Waals surface area contributed by atoms with Crippen molar-refractivity contribution in [3.8, 4) is 0 Å². The minimum Gasteiger partial charge on any atom is -0.461 e. The lowest BCUT2D eigenvalue weighted by molar-refractivity contribution is -0.132. The standard InChI is InChI=1S/C24H27N5O3/c1-2-32-24(31)23-20-17-28(22(30)9-8-19-16-25-12-13-26-19)14-11-21(20)29(27-23)15-10-18-6-4-3-5-7-18/h3-7,12-13,16H,2,8-11,14-15,17H2,1H3. The molecule has 2 aromatic heterocycles. The molecule has 0 saturated carbocycles. The van der Waals surface area contributed by atoms with E-state index in [1.807, 2.05) is 22.9 Å². The first-order chi connectivity index (χ1) is 15.7. The van der Waals surface area contributed by atoms with E-state index in [1.54, 1.807) is 30.4 Å². The number of benzene rings is 1. The number of amides is 1. The van der Waals surface area contributed by atoms with Crippen LogP contribution in [0.4, 0.5) is 0 Å². The van der Waals surface area contributed by atoms with Gasteiger partial charge in [-0.15, -0.1) is 0 Å². The summed E-state index contributed by atoms with van der Waals surface area (Å²) >= 11 is 0. The molecule has 8 nitrogen and oxygen atoms in total. The number of ether oxygens (including phenoxy) is 1. The quantitative estimate of drug-likeness (QED) is 0.507. The van der Waals surface area contributed by atoms with Crippen molar-refractivity contribution in [2.75, 3.05) is 13.2 Å². The monoisotopic (exact) mass is 433 g/mol. The van der Waals surface area contributed by atoms with Gasteiger partial charge in [0.25, 0.3) is 0 Å². The summed E-state index contributed by atoms with van der Waals surface area (Å²) < 4.78 is 7.15. The molecule has 0 unspecified atom stereocenters. The Morgan fingerprint density at radius 1 is 1.12 bits per heavy atom. The number of hydrogen-bond donors (Lipinski definition) is 0. The van der Waals surface area contributed by atoms with Gasteiger partial charge in [0.2, 0.25) is 5.91 Å². The first kappa shape index (κ1) is 21.7. The van der Waals surface area contributed by atoms with Crippen molar-refractivity contribution < 1.29 is 14.3 Å². The summed E-state index contributed by atoms with van der Waals surface area (Å²) in [7, 11) is 0. The number of aryl methyl sites for hydroxylation is 3. The van der Waals surface area contributed by atoms with Gasteiger partial charge < -0.3 is 9.64 Å². The fourth-order valence-corrected chi connectivity index (χ4v) is 3.98. The zero-order valence-electron chi connectivity index (χ0n) is 18.2. The first-order valence-corrected chi connectivity index (χ1v) is 11.0. The van der Waals surface area contributed by atoms with E-state index >= 15 is 0 Å². The van der Waals surface area contributed by atoms with Crippen molar-refractivity contribution >= 4 is 11.9 Å². The van der Waals surface area contributed by atoms with E-state index in [4.69, 9.17) is 4.74 Å². The smallest absolute Gasteiger partial charge is 0.359 e. The summed E-state index contributed by atoms with van der Waals surface area (Å²) in [6.07, 6.45) is 7.29. The van der Waals surface area contributed by atoms with Crippen molar-refractivity contribution in [2.45, 2.75) is 45.7 Å². The van der Waals surface area contributed by atoms with Crippen molar-refractivity contribution in [1.29, 1.82) is 0 Å². The van der Waals surface area contributed by atoms with Crippen molar-refractivity contribution in [3.63, 3.8) is 0 Å². The Balaban J connectivity index is 1.49. The maximum atomic E-state index is 12.8. The van der Waals surface area contributed by atoms with Crippen LogP contribution in [0.3, 0.4) is 0 Å². The molecule has 4 rings (SSSR count). The van der Waals surface area contributed by atoms with Crippen LogP contribution < -0.4 is 0 Å². The van der Waals surface area contributed by atoms with E-state index in [1.165, 1.54) is 5.56 Å². The van der Waals surface area contributed by atoms with Crippen LogP contribution in [0.1, 0.15) is 46.3 Å². The number of esters is 1. The van der Waals surface area contributed by atoms with E-state index in [0.29, 0.717) is 44.6 Å². The Morgan fingerprint density at radius 3 is 2.72 bits per heavy atom. The van der Waals surface area contributed by atoms with Crippen molar-refractivity contribution in [1.82, 2.24) is 24.6 Å². The lowest BCUT2D eigenvalue weighted by Crippen LogP contribution is -2.37. The van der Waals surface area contributed by atoms with Crippen LogP contribution in [0, 0.1) is 0 Å². The number of fused-ring (bicyclic) bond motifs is 1. The predicted molar refractivity (Wildman–Crippen MR) is 118 cm³/mol. The van der Waals surface area contributed by atoms with E-state index in [2.05, 4.69) is 27.2 Å². The SMILES string of the molecule is CCOC(=O)c1nn(CCc2ccccc2)c2c1CN(C(=O)CCc1cnccn1)CC2. The molecule has 0 atom stereocenters.